The molecule has 0 bridgehead atoms. The van der Waals surface area contributed by atoms with E-state index in [0.29, 0.717) is 0 Å². The third-order valence-electron chi connectivity index (χ3n) is 4.97. The summed E-state index contributed by atoms with van der Waals surface area (Å²) in [5.74, 6) is -2.39. The van der Waals surface area contributed by atoms with Crippen molar-refractivity contribution < 1.29 is 34.1 Å². The molecule has 2 heterocycles. The lowest BCUT2D eigenvalue weighted by Crippen LogP contribution is -2.53. The molecule has 4 atom stereocenters. The number of aliphatic carboxylic acids is 1. The molecule has 0 aromatic heterocycles. The molecule has 0 aromatic rings. The van der Waals surface area contributed by atoms with Gasteiger partial charge >= 0.3 is 12.1 Å². The molecule has 3 amide bonds. The Hall–Kier alpha value is -2.36. The van der Waals surface area contributed by atoms with Crippen molar-refractivity contribution in [2.45, 2.75) is 77.3 Å². The summed E-state index contributed by atoms with van der Waals surface area (Å²) in [7, 11) is 0. The van der Waals surface area contributed by atoms with E-state index in [2.05, 4.69) is 5.32 Å². The van der Waals surface area contributed by atoms with Crippen LogP contribution in [0.2, 0.25) is 0 Å². The minimum Gasteiger partial charge on any atom is -0.480 e. The van der Waals surface area contributed by atoms with E-state index in [4.69, 9.17) is 4.74 Å². The van der Waals surface area contributed by atoms with Gasteiger partial charge in [-0.25, -0.2) is 9.59 Å². The van der Waals surface area contributed by atoms with E-state index in [0.717, 1.165) is 0 Å². The summed E-state index contributed by atoms with van der Waals surface area (Å²) < 4.78 is 5.31. The summed E-state index contributed by atoms with van der Waals surface area (Å²) in [6.45, 7) is 8.72. The van der Waals surface area contributed by atoms with Crippen molar-refractivity contribution in [1.29, 1.82) is 0 Å². The Kier molecular flexibility index (Phi) is 6.77. The van der Waals surface area contributed by atoms with Crippen LogP contribution in [0.4, 0.5) is 4.79 Å². The van der Waals surface area contributed by atoms with E-state index in [9.17, 15) is 29.4 Å². The van der Waals surface area contributed by atoms with Crippen LogP contribution in [0.3, 0.4) is 0 Å². The van der Waals surface area contributed by atoms with Gasteiger partial charge in [-0.15, -0.1) is 0 Å². The zero-order chi connectivity index (χ0) is 22.1. The lowest BCUT2D eigenvalue weighted by Gasteiger charge is -2.29. The van der Waals surface area contributed by atoms with E-state index in [1.807, 2.05) is 0 Å². The topological polar surface area (TPSA) is 136 Å². The highest BCUT2D eigenvalue weighted by molar-refractivity contribution is 5.88. The number of amides is 3. The van der Waals surface area contributed by atoms with Crippen molar-refractivity contribution in [1.82, 2.24) is 15.1 Å². The van der Waals surface area contributed by atoms with E-state index >= 15 is 0 Å². The lowest BCUT2D eigenvalue weighted by molar-refractivity contribution is -0.149. The Morgan fingerprint density at radius 3 is 2.28 bits per heavy atom. The highest BCUT2D eigenvalue weighted by atomic mass is 16.6. The van der Waals surface area contributed by atoms with Gasteiger partial charge in [-0.3, -0.25) is 14.5 Å². The number of nitrogens with one attached hydrogen (secondary N) is 1. The maximum atomic E-state index is 12.8. The predicted octanol–water partition coefficient (Wildman–Crippen LogP) is 0.183. The van der Waals surface area contributed by atoms with Gasteiger partial charge in [-0.1, -0.05) is 13.8 Å². The van der Waals surface area contributed by atoms with Crippen LogP contribution >= 0.6 is 0 Å². The first kappa shape index (κ1) is 22.9. The first-order valence-corrected chi connectivity index (χ1v) is 9.83. The van der Waals surface area contributed by atoms with Gasteiger partial charge in [0.25, 0.3) is 0 Å². The molecule has 29 heavy (non-hydrogen) atoms. The molecule has 2 fully saturated rings. The second kappa shape index (κ2) is 8.56. The molecule has 0 saturated carbocycles. The molecule has 0 radical (unpaired) electrons. The molecular weight excluding hydrogens is 382 g/mol. The number of carbonyl (C=O) groups is 4. The second-order valence-electron chi connectivity index (χ2n) is 8.92. The van der Waals surface area contributed by atoms with Crippen molar-refractivity contribution >= 4 is 23.9 Å². The number of aliphatic hydroxyl groups is 1. The Balaban J connectivity index is 2.08. The summed E-state index contributed by atoms with van der Waals surface area (Å²) in [5, 5.41) is 22.4. The molecule has 2 aliphatic heterocycles. The van der Waals surface area contributed by atoms with Crippen molar-refractivity contribution in [2.75, 3.05) is 13.1 Å². The Morgan fingerprint density at radius 1 is 1.14 bits per heavy atom. The number of carboxylic acid groups (broad SMARTS) is 1. The average molecular weight is 413 g/mol. The maximum Gasteiger partial charge on any atom is 0.411 e. The van der Waals surface area contributed by atoms with Gasteiger partial charge in [0.1, 0.15) is 17.7 Å². The molecule has 0 aromatic carbocycles. The van der Waals surface area contributed by atoms with E-state index in [1.54, 1.807) is 34.6 Å². The third-order valence-corrected chi connectivity index (χ3v) is 4.97. The highest BCUT2D eigenvalue weighted by Crippen LogP contribution is 2.24. The second-order valence-corrected chi connectivity index (χ2v) is 8.92. The predicted molar refractivity (Wildman–Crippen MR) is 102 cm³/mol. The van der Waals surface area contributed by atoms with Gasteiger partial charge in [0.05, 0.1) is 6.10 Å². The molecule has 0 spiro atoms. The monoisotopic (exact) mass is 413 g/mol. The van der Waals surface area contributed by atoms with Crippen molar-refractivity contribution in [3.8, 4) is 0 Å². The summed E-state index contributed by atoms with van der Waals surface area (Å²) in [4.78, 5) is 51.5. The van der Waals surface area contributed by atoms with Crippen LogP contribution in [0.1, 0.15) is 47.5 Å². The molecule has 2 saturated heterocycles. The number of carbonyl (C=O) groups excluding carboxylic acids is 3. The standard InChI is InChI=1S/C19H31N3O7/c1-10(2)16(25)22-9-11(8-12(22)17(26)27)20-15(24)14-13(23)6-7-21(14)18(28)29-19(3,4)5/h10-14,23H,6-9H2,1-5H3,(H,20,24)(H,26,27)/t11-,12-,13-,14+/m1/s1. The van der Waals surface area contributed by atoms with Crippen LogP contribution in [-0.4, -0.2) is 86.8 Å². The zero-order valence-corrected chi connectivity index (χ0v) is 17.5. The number of likely N-dealkylation sites (tertiary alicyclic amines) is 2. The first-order chi connectivity index (χ1) is 13.3. The van der Waals surface area contributed by atoms with E-state index in [1.165, 1.54) is 9.80 Å². The van der Waals surface area contributed by atoms with Crippen LogP contribution < -0.4 is 5.32 Å². The largest absolute Gasteiger partial charge is 0.480 e. The minimum absolute atomic E-state index is 0.0643. The number of nitrogens with zero attached hydrogens (tertiary/aromatic N) is 2. The third kappa shape index (κ3) is 5.37. The maximum absolute atomic E-state index is 12.8. The molecule has 10 heteroatoms. The number of carboxylic acids is 1. The summed E-state index contributed by atoms with van der Waals surface area (Å²) in [6, 6.07) is -2.73. The molecule has 0 unspecified atom stereocenters. The van der Waals surface area contributed by atoms with Crippen LogP contribution in [0, 0.1) is 5.92 Å². The average Bonchev–Trinajstić information content (AvgIpc) is 3.16. The van der Waals surface area contributed by atoms with Gasteiger partial charge in [-0.05, 0) is 27.2 Å². The fraction of sp³-hybridized carbons (Fsp3) is 0.789. The lowest BCUT2D eigenvalue weighted by atomic mass is 10.1. The number of rotatable bonds is 4. The fourth-order valence-corrected chi connectivity index (χ4v) is 3.65. The fourth-order valence-electron chi connectivity index (χ4n) is 3.65. The van der Waals surface area contributed by atoms with Gasteiger partial charge in [0, 0.05) is 31.5 Å². The molecule has 2 rings (SSSR count). The van der Waals surface area contributed by atoms with Crippen LogP contribution in [0.5, 0.6) is 0 Å². The summed E-state index contributed by atoms with van der Waals surface area (Å²) >= 11 is 0. The number of aliphatic hydroxyl groups excluding tert-OH is 1. The molecule has 2 aliphatic rings. The Labute approximate surface area is 170 Å². The summed E-state index contributed by atoms with van der Waals surface area (Å²) in [6.07, 6.45) is -1.44. The summed E-state index contributed by atoms with van der Waals surface area (Å²) in [5.41, 5.74) is -0.747. The quantitative estimate of drug-likeness (QED) is 0.598. The number of hydrogen-bond acceptors (Lipinski definition) is 6. The minimum atomic E-state index is -1.13. The number of ether oxygens (including phenoxy) is 1. The molecular formula is C19H31N3O7. The zero-order valence-electron chi connectivity index (χ0n) is 17.5. The Bertz CT molecular complexity index is 673. The molecule has 164 valence electrons. The normalized spacial score (nSPS) is 27.3. The number of hydrogen-bond donors (Lipinski definition) is 3. The van der Waals surface area contributed by atoms with Gasteiger partial charge in [-0.2, -0.15) is 0 Å². The molecule has 0 aliphatic carbocycles. The van der Waals surface area contributed by atoms with Crippen molar-refractivity contribution in [3.05, 3.63) is 0 Å². The van der Waals surface area contributed by atoms with E-state index in [-0.39, 0.29) is 37.8 Å². The highest BCUT2D eigenvalue weighted by Gasteiger charge is 2.45. The van der Waals surface area contributed by atoms with Crippen LogP contribution in [0.15, 0.2) is 0 Å². The van der Waals surface area contributed by atoms with Crippen LogP contribution in [0.25, 0.3) is 0 Å². The van der Waals surface area contributed by atoms with Crippen molar-refractivity contribution in [3.63, 3.8) is 0 Å². The van der Waals surface area contributed by atoms with E-state index < -0.39 is 47.8 Å². The van der Waals surface area contributed by atoms with Gasteiger partial charge in [0.15, 0.2) is 0 Å². The molecule has 3 N–H and O–H groups in total. The molecule has 10 nitrogen and oxygen atoms in total. The Morgan fingerprint density at radius 2 is 1.76 bits per heavy atom. The van der Waals surface area contributed by atoms with Gasteiger partial charge in [0.2, 0.25) is 11.8 Å². The SMILES string of the molecule is CC(C)C(=O)N1C[C@H](NC(=O)[C@@H]2[C@H](O)CCN2C(=O)OC(C)(C)C)C[C@@H]1C(=O)O. The smallest absolute Gasteiger partial charge is 0.411 e. The van der Waals surface area contributed by atoms with Crippen LogP contribution in [-0.2, 0) is 19.1 Å². The first-order valence-electron chi connectivity index (χ1n) is 9.83. The van der Waals surface area contributed by atoms with Gasteiger partial charge < -0.3 is 25.2 Å². The van der Waals surface area contributed by atoms with Crippen molar-refractivity contribution in [2.24, 2.45) is 5.92 Å².